The van der Waals surface area contributed by atoms with Crippen LogP contribution in [0, 0.1) is 5.82 Å². The van der Waals surface area contributed by atoms with Gasteiger partial charge in [-0.3, -0.25) is 0 Å². The van der Waals surface area contributed by atoms with E-state index in [0.717, 1.165) is 29.8 Å². The molecule has 2 aromatic rings. The molecule has 0 unspecified atom stereocenters. The van der Waals surface area contributed by atoms with Gasteiger partial charge in [0.25, 0.3) is 0 Å². The third-order valence-electron chi connectivity index (χ3n) is 4.01. The minimum Gasteiger partial charge on any atom is -0.489 e. The second kappa shape index (κ2) is 7.80. The maximum Gasteiger partial charge on any atom is 0.124 e. The van der Waals surface area contributed by atoms with E-state index in [4.69, 9.17) is 16.3 Å². The van der Waals surface area contributed by atoms with Crippen LogP contribution in [0.5, 0.6) is 5.75 Å². The minimum atomic E-state index is -0.342. The van der Waals surface area contributed by atoms with E-state index in [2.05, 4.69) is 26.1 Å². The van der Waals surface area contributed by atoms with Gasteiger partial charge in [-0.1, -0.05) is 42.8 Å². The van der Waals surface area contributed by atoms with E-state index in [0.29, 0.717) is 11.6 Å². The monoisotopic (exact) mass is 335 g/mol. The van der Waals surface area contributed by atoms with Crippen molar-refractivity contribution >= 4 is 11.6 Å². The smallest absolute Gasteiger partial charge is 0.124 e. The summed E-state index contributed by atoms with van der Waals surface area (Å²) in [6.45, 7) is 7.55. The first-order chi connectivity index (χ1) is 10.9. The highest BCUT2D eigenvalue weighted by Crippen LogP contribution is 2.23. The zero-order valence-corrected chi connectivity index (χ0v) is 14.6. The molecular formula is C19H23ClFNO. The van der Waals surface area contributed by atoms with Crippen molar-refractivity contribution in [1.29, 1.82) is 0 Å². The van der Waals surface area contributed by atoms with Gasteiger partial charge in [0.2, 0.25) is 0 Å². The van der Waals surface area contributed by atoms with Gasteiger partial charge >= 0.3 is 0 Å². The maximum atomic E-state index is 13.1. The van der Waals surface area contributed by atoms with Crippen molar-refractivity contribution in [2.24, 2.45) is 0 Å². The standard InChI is InChI=1S/C19H23ClFNO/c1-4-19(2,3)22-12-14-7-5-6-8-18(14)23-13-15-9-10-16(21)11-17(15)20/h5-11,22H,4,12-13H2,1-3H3. The molecule has 0 saturated heterocycles. The predicted octanol–water partition coefficient (Wildman–Crippen LogP) is 5.34. The minimum absolute atomic E-state index is 0.0768. The maximum absolute atomic E-state index is 13.1. The normalized spacial score (nSPS) is 11.5. The van der Waals surface area contributed by atoms with Crippen LogP contribution in [-0.4, -0.2) is 5.54 Å². The Balaban J connectivity index is 2.05. The third-order valence-corrected chi connectivity index (χ3v) is 4.36. The zero-order chi connectivity index (χ0) is 16.9. The van der Waals surface area contributed by atoms with Gasteiger partial charge in [-0.25, -0.2) is 4.39 Å². The van der Waals surface area contributed by atoms with Crippen LogP contribution in [0.25, 0.3) is 0 Å². The first kappa shape index (κ1) is 17.8. The molecule has 0 fully saturated rings. The Morgan fingerprint density at radius 2 is 1.87 bits per heavy atom. The van der Waals surface area contributed by atoms with Crippen LogP contribution in [0.1, 0.15) is 38.3 Å². The average molecular weight is 336 g/mol. The number of hydrogen-bond acceptors (Lipinski definition) is 2. The Hall–Kier alpha value is -1.58. The Morgan fingerprint density at radius 1 is 1.13 bits per heavy atom. The van der Waals surface area contributed by atoms with Gasteiger partial charge < -0.3 is 10.1 Å². The van der Waals surface area contributed by atoms with Gasteiger partial charge in [0.05, 0.1) is 5.02 Å². The molecule has 124 valence electrons. The second-order valence-electron chi connectivity index (χ2n) is 6.22. The Morgan fingerprint density at radius 3 is 2.57 bits per heavy atom. The fraction of sp³-hybridized carbons (Fsp3) is 0.368. The molecule has 0 atom stereocenters. The first-order valence-electron chi connectivity index (χ1n) is 7.81. The first-order valence-corrected chi connectivity index (χ1v) is 8.19. The number of hydrogen-bond donors (Lipinski definition) is 1. The van der Waals surface area contributed by atoms with Gasteiger partial charge in [-0.05, 0) is 38.5 Å². The molecule has 0 spiro atoms. The lowest BCUT2D eigenvalue weighted by molar-refractivity contribution is 0.298. The molecule has 0 aromatic heterocycles. The van der Waals surface area contributed by atoms with E-state index in [9.17, 15) is 4.39 Å². The van der Waals surface area contributed by atoms with Gasteiger partial charge in [-0.15, -0.1) is 0 Å². The highest BCUT2D eigenvalue weighted by atomic mass is 35.5. The molecule has 0 saturated carbocycles. The van der Waals surface area contributed by atoms with Gasteiger partial charge in [-0.2, -0.15) is 0 Å². The van der Waals surface area contributed by atoms with Crippen molar-refractivity contribution in [3.63, 3.8) is 0 Å². The molecule has 1 N–H and O–H groups in total. The van der Waals surface area contributed by atoms with Crippen LogP contribution in [0.4, 0.5) is 4.39 Å². The SMILES string of the molecule is CCC(C)(C)NCc1ccccc1OCc1ccc(F)cc1Cl. The summed E-state index contributed by atoms with van der Waals surface area (Å²) in [7, 11) is 0. The molecule has 2 nitrogen and oxygen atoms in total. The number of ether oxygens (including phenoxy) is 1. The van der Waals surface area contributed by atoms with E-state index in [1.54, 1.807) is 6.07 Å². The average Bonchev–Trinajstić information content (AvgIpc) is 2.53. The number of rotatable bonds is 7. The Labute approximate surface area is 142 Å². The van der Waals surface area contributed by atoms with Crippen molar-refractivity contribution in [3.8, 4) is 5.75 Å². The summed E-state index contributed by atoms with van der Waals surface area (Å²) in [5, 5.41) is 3.91. The van der Waals surface area contributed by atoms with E-state index < -0.39 is 0 Å². The fourth-order valence-electron chi connectivity index (χ4n) is 2.04. The van der Waals surface area contributed by atoms with Crippen molar-refractivity contribution in [2.45, 2.75) is 45.9 Å². The van der Waals surface area contributed by atoms with Gasteiger partial charge in [0.1, 0.15) is 18.2 Å². The fourth-order valence-corrected chi connectivity index (χ4v) is 2.27. The number of benzene rings is 2. The van der Waals surface area contributed by atoms with E-state index in [1.807, 2.05) is 24.3 Å². The van der Waals surface area contributed by atoms with Crippen LogP contribution < -0.4 is 10.1 Å². The molecule has 2 rings (SSSR count). The van der Waals surface area contributed by atoms with Crippen LogP contribution in [0.15, 0.2) is 42.5 Å². The van der Waals surface area contributed by atoms with Crippen molar-refractivity contribution in [1.82, 2.24) is 5.32 Å². The van der Waals surface area contributed by atoms with Crippen molar-refractivity contribution in [3.05, 3.63) is 64.4 Å². The Kier molecular flexibility index (Phi) is 6.03. The summed E-state index contributed by atoms with van der Waals surface area (Å²) in [5.41, 5.74) is 1.94. The molecule has 23 heavy (non-hydrogen) atoms. The molecule has 0 bridgehead atoms. The number of para-hydroxylation sites is 1. The zero-order valence-electron chi connectivity index (χ0n) is 13.8. The summed E-state index contributed by atoms with van der Waals surface area (Å²) >= 11 is 6.04. The number of nitrogens with one attached hydrogen (secondary N) is 1. The largest absolute Gasteiger partial charge is 0.489 e. The molecule has 0 amide bonds. The van der Waals surface area contributed by atoms with Crippen LogP contribution in [0.3, 0.4) is 0 Å². The summed E-state index contributed by atoms with van der Waals surface area (Å²) in [6, 6.07) is 12.3. The lowest BCUT2D eigenvalue weighted by atomic mass is 10.0. The summed E-state index contributed by atoms with van der Waals surface area (Å²) in [4.78, 5) is 0. The predicted molar refractivity (Wildman–Crippen MR) is 93.4 cm³/mol. The molecule has 2 aromatic carbocycles. The van der Waals surface area contributed by atoms with Crippen LogP contribution >= 0.6 is 11.6 Å². The van der Waals surface area contributed by atoms with Crippen LogP contribution in [0.2, 0.25) is 5.02 Å². The van der Waals surface area contributed by atoms with Crippen molar-refractivity contribution in [2.75, 3.05) is 0 Å². The summed E-state index contributed by atoms with van der Waals surface area (Å²) in [6.07, 6.45) is 1.04. The number of halogens is 2. The molecule has 4 heteroatoms. The van der Waals surface area contributed by atoms with E-state index in [1.165, 1.54) is 12.1 Å². The summed E-state index contributed by atoms with van der Waals surface area (Å²) < 4.78 is 19.0. The lowest BCUT2D eigenvalue weighted by Crippen LogP contribution is -2.37. The molecule has 0 aliphatic heterocycles. The lowest BCUT2D eigenvalue weighted by Gasteiger charge is -2.25. The molecule has 0 aliphatic rings. The molecule has 0 aliphatic carbocycles. The molecular weight excluding hydrogens is 313 g/mol. The topological polar surface area (TPSA) is 21.3 Å². The highest BCUT2D eigenvalue weighted by molar-refractivity contribution is 6.31. The van der Waals surface area contributed by atoms with Gasteiger partial charge in [0.15, 0.2) is 0 Å². The highest BCUT2D eigenvalue weighted by Gasteiger charge is 2.15. The van der Waals surface area contributed by atoms with E-state index >= 15 is 0 Å². The third kappa shape index (κ3) is 5.22. The quantitative estimate of drug-likeness (QED) is 0.737. The second-order valence-corrected chi connectivity index (χ2v) is 6.63. The van der Waals surface area contributed by atoms with Crippen molar-refractivity contribution < 1.29 is 9.13 Å². The molecule has 0 radical (unpaired) electrons. The van der Waals surface area contributed by atoms with E-state index in [-0.39, 0.29) is 11.4 Å². The Bertz CT molecular complexity index is 658. The molecule has 0 heterocycles. The van der Waals surface area contributed by atoms with Crippen LogP contribution in [-0.2, 0) is 13.2 Å². The summed E-state index contributed by atoms with van der Waals surface area (Å²) in [5.74, 6) is 0.470. The van der Waals surface area contributed by atoms with Gasteiger partial charge in [0, 0.05) is 23.2 Å².